The number of methoxy groups -OCH3 is 1. The maximum Gasteiger partial charge on any atom is 0.387 e. The van der Waals surface area contributed by atoms with E-state index in [0.717, 1.165) is 55.8 Å². The van der Waals surface area contributed by atoms with Gasteiger partial charge in [-0.15, -0.1) is 0 Å². The Hall–Kier alpha value is -2.92. The summed E-state index contributed by atoms with van der Waals surface area (Å²) in [5.41, 5.74) is -0.118. The number of rotatable bonds is 8. The molecule has 0 spiro atoms. The topological polar surface area (TPSA) is 81.5 Å². The van der Waals surface area contributed by atoms with Gasteiger partial charge in [-0.1, -0.05) is 19.4 Å². The van der Waals surface area contributed by atoms with Crippen LogP contribution in [0.4, 0.5) is 14.7 Å². The van der Waals surface area contributed by atoms with Crippen LogP contribution >= 0.6 is 11.9 Å². The van der Waals surface area contributed by atoms with Gasteiger partial charge in [-0.05, 0) is 67.8 Å². The Morgan fingerprint density at radius 3 is 2.68 bits per heavy atom. The first kappa shape index (κ1) is 25.7. The molecule has 1 saturated heterocycles. The molecule has 5 rings (SSSR count). The minimum absolute atomic E-state index is 0.115. The highest BCUT2D eigenvalue weighted by atomic mass is 32.2. The molecule has 1 saturated carbocycles. The van der Waals surface area contributed by atoms with Gasteiger partial charge in [-0.25, -0.2) is 9.29 Å². The van der Waals surface area contributed by atoms with E-state index in [0.29, 0.717) is 17.0 Å². The molecule has 1 aliphatic heterocycles. The molecule has 0 bridgehead atoms. The standard InChI is InChI=1S/C26H31F2N5O3S/c1-16-5-3-8-21(16)33-23-17(13-22(24(33)34)36-25(27)28)15-29-26(31-23)30-18-9-11-32(12-10-18)37-20-7-4-6-19(14-20)35-2/h4,6-7,13-16,18,21,25H,3,5,8-12H2,1-2H3,(H,29,30,31). The van der Waals surface area contributed by atoms with Gasteiger partial charge in [0, 0.05) is 41.7 Å². The Kier molecular flexibility index (Phi) is 7.80. The van der Waals surface area contributed by atoms with E-state index in [1.807, 2.05) is 18.2 Å². The van der Waals surface area contributed by atoms with Crippen molar-refractivity contribution >= 4 is 28.9 Å². The normalized spacial score (nSPS) is 21.0. The number of nitrogens with zero attached hydrogens (tertiary/aromatic N) is 4. The van der Waals surface area contributed by atoms with Gasteiger partial charge in [-0.3, -0.25) is 9.36 Å². The smallest absolute Gasteiger partial charge is 0.387 e. The van der Waals surface area contributed by atoms with Crippen LogP contribution in [-0.4, -0.2) is 51.7 Å². The molecule has 2 atom stereocenters. The van der Waals surface area contributed by atoms with Gasteiger partial charge in [0.25, 0.3) is 5.56 Å². The van der Waals surface area contributed by atoms with Crippen LogP contribution in [0.1, 0.15) is 45.1 Å². The Morgan fingerprint density at radius 1 is 1.16 bits per heavy atom. The van der Waals surface area contributed by atoms with E-state index < -0.39 is 12.2 Å². The summed E-state index contributed by atoms with van der Waals surface area (Å²) in [6, 6.07) is 9.41. The summed E-state index contributed by atoms with van der Waals surface area (Å²) in [5, 5.41) is 3.93. The molecule has 2 unspecified atom stereocenters. The SMILES string of the molecule is COc1cccc(SN2CCC(Nc3ncc4cc(OC(F)F)c(=O)n(C5CCCC5C)c4n3)CC2)c1. The number of nitrogens with one attached hydrogen (secondary N) is 1. The lowest BCUT2D eigenvalue weighted by atomic mass is 10.1. The summed E-state index contributed by atoms with van der Waals surface area (Å²) >= 11 is 1.72. The first-order valence-corrected chi connectivity index (χ1v) is 13.4. The van der Waals surface area contributed by atoms with Gasteiger partial charge in [0.1, 0.15) is 11.4 Å². The van der Waals surface area contributed by atoms with Gasteiger partial charge < -0.3 is 14.8 Å². The molecule has 3 aromatic rings. The lowest BCUT2D eigenvalue weighted by molar-refractivity contribution is -0.0510. The van der Waals surface area contributed by atoms with E-state index >= 15 is 0 Å². The molecule has 2 aliphatic rings. The van der Waals surface area contributed by atoms with Crippen molar-refractivity contribution in [2.24, 2.45) is 5.92 Å². The summed E-state index contributed by atoms with van der Waals surface area (Å²) < 4.78 is 39.7. The van der Waals surface area contributed by atoms with Gasteiger partial charge >= 0.3 is 6.61 Å². The molecule has 37 heavy (non-hydrogen) atoms. The molecule has 2 aromatic heterocycles. The second-order valence-corrected chi connectivity index (χ2v) is 10.8. The molecule has 8 nitrogen and oxygen atoms in total. The number of piperidine rings is 1. The van der Waals surface area contributed by atoms with Crippen molar-refractivity contribution in [3.8, 4) is 11.5 Å². The van der Waals surface area contributed by atoms with Crippen molar-refractivity contribution in [3.05, 3.63) is 46.9 Å². The Labute approximate surface area is 218 Å². The van der Waals surface area contributed by atoms with E-state index in [4.69, 9.17) is 9.72 Å². The fourth-order valence-corrected chi connectivity index (χ4v) is 6.24. The third-order valence-electron chi connectivity index (χ3n) is 7.17. The van der Waals surface area contributed by atoms with Crippen LogP contribution in [0.3, 0.4) is 0 Å². The second kappa shape index (κ2) is 11.2. The Morgan fingerprint density at radius 2 is 1.97 bits per heavy atom. The number of anilines is 1. The van der Waals surface area contributed by atoms with E-state index in [1.54, 1.807) is 29.8 Å². The lowest BCUT2D eigenvalue weighted by Crippen LogP contribution is -2.36. The third kappa shape index (κ3) is 5.82. The van der Waals surface area contributed by atoms with Crippen LogP contribution in [0.5, 0.6) is 11.5 Å². The van der Waals surface area contributed by atoms with Crippen LogP contribution in [-0.2, 0) is 0 Å². The van der Waals surface area contributed by atoms with Gasteiger partial charge in [0.15, 0.2) is 5.75 Å². The number of fused-ring (bicyclic) bond motifs is 1. The number of pyridine rings is 1. The first-order valence-electron chi connectivity index (χ1n) is 12.6. The van der Waals surface area contributed by atoms with E-state index in [-0.39, 0.29) is 23.8 Å². The van der Waals surface area contributed by atoms with Gasteiger partial charge in [0.05, 0.1) is 7.11 Å². The van der Waals surface area contributed by atoms with Crippen LogP contribution in [0.15, 0.2) is 46.2 Å². The third-order valence-corrected chi connectivity index (χ3v) is 8.26. The lowest BCUT2D eigenvalue weighted by Gasteiger charge is -2.31. The summed E-state index contributed by atoms with van der Waals surface area (Å²) in [5.74, 6) is 1.15. The van der Waals surface area contributed by atoms with Crippen molar-refractivity contribution in [2.75, 3.05) is 25.5 Å². The van der Waals surface area contributed by atoms with Crippen LogP contribution in [0.2, 0.25) is 0 Å². The van der Waals surface area contributed by atoms with E-state index in [1.165, 1.54) is 6.07 Å². The molecule has 1 N–H and O–H groups in total. The largest absolute Gasteiger partial charge is 0.497 e. The maximum atomic E-state index is 13.2. The fraction of sp³-hybridized carbons (Fsp3) is 0.500. The maximum absolute atomic E-state index is 13.2. The number of halogens is 2. The minimum atomic E-state index is -3.07. The molecule has 3 heterocycles. The molecular weight excluding hydrogens is 500 g/mol. The van der Waals surface area contributed by atoms with Crippen molar-refractivity contribution in [1.29, 1.82) is 0 Å². The number of ether oxygens (including phenoxy) is 2. The molecule has 2 fully saturated rings. The molecule has 1 aromatic carbocycles. The number of hydrogen-bond acceptors (Lipinski definition) is 8. The number of benzene rings is 1. The Balaban J connectivity index is 1.32. The van der Waals surface area contributed by atoms with Crippen molar-refractivity contribution < 1.29 is 18.3 Å². The average molecular weight is 532 g/mol. The molecule has 1 aliphatic carbocycles. The molecule has 198 valence electrons. The predicted molar refractivity (Wildman–Crippen MR) is 140 cm³/mol. The van der Waals surface area contributed by atoms with Crippen molar-refractivity contribution in [2.45, 2.75) is 62.6 Å². The zero-order valence-electron chi connectivity index (χ0n) is 20.9. The highest BCUT2D eigenvalue weighted by molar-refractivity contribution is 7.97. The second-order valence-electron chi connectivity index (χ2n) is 9.63. The van der Waals surface area contributed by atoms with E-state index in [2.05, 4.69) is 32.3 Å². The fourth-order valence-electron chi connectivity index (χ4n) is 5.24. The van der Waals surface area contributed by atoms with Gasteiger partial charge in [0.2, 0.25) is 5.95 Å². The summed E-state index contributed by atoms with van der Waals surface area (Å²) in [6.45, 7) is 0.792. The van der Waals surface area contributed by atoms with Crippen molar-refractivity contribution in [3.63, 3.8) is 0 Å². The molecule has 0 amide bonds. The summed E-state index contributed by atoms with van der Waals surface area (Å²) in [6.07, 6.45) is 6.14. The zero-order valence-corrected chi connectivity index (χ0v) is 21.7. The highest BCUT2D eigenvalue weighted by Gasteiger charge is 2.29. The molecule has 0 radical (unpaired) electrons. The van der Waals surface area contributed by atoms with Crippen molar-refractivity contribution in [1.82, 2.24) is 18.8 Å². The van der Waals surface area contributed by atoms with Crippen LogP contribution in [0, 0.1) is 5.92 Å². The first-order chi connectivity index (χ1) is 17.9. The quantitative estimate of drug-likeness (QED) is 0.390. The minimum Gasteiger partial charge on any atom is -0.497 e. The molecular formula is C26H31F2N5O3S. The van der Waals surface area contributed by atoms with E-state index in [9.17, 15) is 13.6 Å². The summed E-state index contributed by atoms with van der Waals surface area (Å²) in [4.78, 5) is 23.5. The number of aromatic nitrogens is 3. The van der Waals surface area contributed by atoms with Crippen LogP contribution in [0.25, 0.3) is 11.0 Å². The molecule has 11 heteroatoms. The average Bonchev–Trinajstić information content (AvgIpc) is 3.31. The van der Waals surface area contributed by atoms with Gasteiger partial charge in [-0.2, -0.15) is 13.8 Å². The number of hydrogen-bond donors (Lipinski definition) is 1. The highest BCUT2D eigenvalue weighted by Crippen LogP contribution is 2.36. The van der Waals surface area contributed by atoms with Crippen LogP contribution < -0.4 is 20.3 Å². The Bertz CT molecular complexity index is 1300. The predicted octanol–water partition coefficient (Wildman–Crippen LogP) is 5.35. The summed E-state index contributed by atoms with van der Waals surface area (Å²) in [7, 11) is 1.67. The number of alkyl halides is 2. The zero-order chi connectivity index (χ0) is 25.9. The monoisotopic (exact) mass is 531 g/mol.